The Morgan fingerprint density at radius 1 is 1.58 bits per heavy atom. The first-order chi connectivity index (χ1) is 5.70. The highest BCUT2D eigenvalue weighted by molar-refractivity contribution is 5.86. The number of carbonyl (C=O) groups excluding carboxylic acids is 1. The van der Waals surface area contributed by atoms with Gasteiger partial charge < -0.3 is 4.90 Å². The van der Waals surface area contributed by atoms with Gasteiger partial charge in [-0.3, -0.25) is 4.79 Å². The molecule has 0 saturated carbocycles. The normalized spacial score (nSPS) is 24.2. The van der Waals surface area contributed by atoms with Crippen LogP contribution in [-0.2, 0) is 4.79 Å². The maximum Gasteiger partial charge on any atom is 0.231 e. The van der Waals surface area contributed by atoms with Crippen molar-refractivity contribution in [1.82, 2.24) is 4.90 Å². The van der Waals surface area contributed by atoms with E-state index < -0.39 is 0 Å². The maximum atomic E-state index is 11.2. The van der Waals surface area contributed by atoms with E-state index in [1.807, 2.05) is 19.1 Å². The van der Waals surface area contributed by atoms with Crippen LogP contribution in [0.5, 0.6) is 0 Å². The molecule has 64 valence electrons. The van der Waals surface area contributed by atoms with Crippen molar-refractivity contribution >= 4 is 5.91 Å². The van der Waals surface area contributed by atoms with Crippen molar-refractivity contribution in [2.24, 2.45) is 0 Å². The van der Waals surface area contributed by atoms with E-state index in [2.05, 4.69) is 6.58 Å². The standard InChI is InChI=1S/C10H13NO/c1-4-6-8-7-10(12)11(3)9(8)5-2/h4-6H,1,7H2,2-3H3/b8-6-,9-5+. The quantitative estimate of drug-likeness (QED) is 0.577. The van der Waals surface area contributed by atoms with Crippen LogP contribution in [0, 0.1) is 0 Å². The van der Waals surface area contributed by atoms with Gasteiger partial charge in [0, 0.05) is 12.7 Å². The van der Waals surface area contributed by atoms with Crippen LogP contribution in [0.2, 0.25) is 0 Å². The zero-order valence-electron chi connectivity index (χ0n) is 7.50. The lowest BCUT2D eigenvalue weighted by molar-refractivity contribution is -0.125. The van der Waals surface area contributed by atoms with Crippen LogP contribution in [0.4, 0.5) is 0 Å². The van der Waals surface area contributed by atoms with Crippen molar-refractivity contribution in [3.05, 3.63) is 36.1 Å². The number of rotatable bonds is 1. The number of hydrogen-bond acceptors (Lipinski definition) is 1. The second kappa shape index (κ2) is 3.39. The molecule has 0 spiro atoms. The van der Waals surface area contributed by atoms with Gasteiger partial charge in [-0.25, -0.2) is 0 Å². The molecule has 0 aromatic heterocycles. The molecule has 1 aliphatic heterocycles. The highest BCUT2D eigenvalue weighted by atomic mass is 16.2. The molecule has 1 rings (SSSR count). The molecule has 0 radical (unpaired) electrons. The van der Waals surface area contributed by atoms with E-state index >= 15 is 0 Å². The molecule has 0 aromatic rings. The van der Waals surface area contributed by atoms with Crippen LogP contribution in [0.3, 0.4) is 0 Å². The molecule has 0 aromatic carbocycles. The molecule has 0 N–H and O–H groups in total. The number of likely N-dealkylation sites (N-methyl/N-ethyl adjacent to an activating group) is 1. The molecule has 2 nitrogen and oxygen atoms in total. The zero-order valence-corrected chi connectivity index (χ0v) is 7.50. The summed E-state index contributed by atoms with van der Waals surface area (Å²) in [4.78, 5) is 12.9. The Balaban J connectivity index is 3.02. The Kier molecular flexibility index (Phi) is 2.48. The first kappa shape index (κ1) is 8.78. The van der Waals surface area contributed by atoms with Crippen LogP contribution in [0.1, 0.15) is 13.3 Å². The van der Waals surface area contributed by atoms with Crippen LogP contribution in [-0.4, -0.2) is 17.9 Å². The smallest absolute Gasteiger partial charge is 0.231 e. The van der Waals surface area contributed by atoms with Gasteiger partial charge in [-0.05, 0) is 12.5 Å². The van der Waals surface area contributed by atoms with Gasteiger partial charge in [0.1, 0.15) is 0 Å². The monoisotopic (exact) mass is 163 g/mol. The molecule has 2 heteroatoms. The highest BCUT2D eigenvalue weighted by Gasteiger charge is 2.25. The minimum atomic E-state index is 0.149. The summed E-state index contributed by atoms with van der Waals surface area (Å²) in [6, 6.07) is 0. The lowest BCUT2D eigenvalue weighted by Crippen LogP contribution is -2.16. The lowest BCUT2D eigenvalue weighted by Gasteiger charge is -2.09. The molecular formula is C10H13NO. The van der Waals surface area contributed by atoms with Gasteiger partial charge in [-0.2, -0.15) is 0 Å². The summed E-state index contributed by atoms with van der Waals surface area (Å²) in [5.41, 5.74) is 2.06. The van der Waals surface area contributed by atoms with Gasteiger partial charge in [-0.1, -0.05) is 24.8 Å². The molecule has 1 heterocycles. The van der Waals surface area contributed by atoms with Crippen molar-refractivity contribution in [2.75, 3.05) is 7.05 Å². The summed E-state index contributed by atoms with van der Waals surface area (Å²) >= 11 is 0. The number of allylic oxidation sites excluding steroid dienone is 4. The third-order valence-corrected chi connectivity index (χ3v) is 2.00. The molecule has 0 bridgehead atoms. The van der Waals surface area contributed by atoms with Gasteiger partial charge in [0.2, 0.25) is 5.91 Å². The fourth-order valence-corrected chi connectivity index (χ4v) is 1.39. The van der Waals surface area contributed by atoms with E-state index in [0.29, 0.717) is 6.42 Å². The Labute approximate surface area is 72.9 Å². The molecule has 12 heavy (non-hydrogen) atoms. The number of likely N-dealkylation sites (tertiary alicyclic amines) is 1. The predicted octanol–water partition coefficient (Wildman–Crippen LogP) is 1.86. The number of hydrogen-bond donors (Lipinski definition) is 0. The van der Waals surface area contributed by atoms with Crippen molar-refractivity contribution in [1.29, 1.82) is 0 Å². The summed E-state index contributed by atoms with van der Waals surface area (Å²) in [7, 11) is 1.79. The minimum Gasteiger partial charge on any atom is -0.315 e. The number of amides is 1. The number of carbonyl (C=O) groups is 1. The van der Waals surface area contributed by atoms with E-state index in [1.165, 1.54) is 0 Å². The molecule has 1 amide bonds. The van der Waals surface area contributed by atoms with Gasteiger partial charge >= 0.3 is 0 Å². The van der Waals surface area contributed by atoms with Crippen molar-refractivity contribution in [3.63, 3.8) is 0 Å². The number of nitrogens with zero attached hydrogens (tertiary/aromatic N) is 1. The maximum absolute atomic E-state index is 11.2. The van der Waals surface area contributed by atoms with E-state index in [0.717, 1.165) is 11.3 Å². The summed E-state index contributed by atoms with van der Waals surface area (Å²) in [5.74, 6) is 0.149. The molecule has 0 aliphatic carbocycles. The average molecular weight is 163 g/mol. The van der Waals surface area contributed by atoms with Crippen molar-refractivity contribution in [3.8, 4) is 0 Å². The van der Waals surface area contributed by atoms with E-state index in [1.54, 1.807) is 18.0 Å². The largest absolute Gasteiger partial charge is 0.315 e. The average Bonchev–Trinajstić information content (AvgIpc) is 2.29. The summed E-state index contributed by atoms with van der Waals surface area (Å²) < 4.78 is 0. The first-order valence-corrected chi connectivity index (χ1v) is 3.95. The van der Waals surface area contributed by atoms with Crippen LogP contribution >= 0.6 is 0 Å². The van der Waals surface area contributed by atoms with Crippen molar-refractivity contribution < 1.29 is 4.79 Å². The van der Waals surface area contributed by atoms with E-state index in [9.17, 15) is 4.79 Å². The van der Waals surface area contributed by atoms with Crippen LogP contribution in [0.25, 0.3) is 0 Å². The second-order valence-electron chi connectivity index (χ2n) is 2.73. The van der Waals surface area contributed by atoms with E-state index in [4.69, 9.17) is 0 Å². The Morgan fingerprint density at radius 2 is 2.25 bits per heavy atom. The lowest BCUT2D eigenvalue weighted by atomic mass is 10.1. The highest BCUT2D eigenvalue weighted by Crippen LogP contribution is 2.26. The Morgan fingerprint density at radius 3 is 2.75 bits per heavy atom. The Bertz CT molecular complexity index is 274. The SMILES string of the molecule is C=C/C=C1/CC(=O)N(C)/C1=C/C. The fourth-order valence-electron chi connectivity index (χ4n) is 1.39. The van der Waals surface area contributed by atoms with Gasteiger partial charge in [-0.15, -0.1) is 0 Å². The summed E-state index contributed by atoms with van der Waals surface area (Å²) in [6.07, 6.45) is 6.05. The predicted molar refractivity (Wildman–Crippen MR) is 49.4 cm³/mol. The molecule has 0 atom stereocenters. The second-order valence-corrected chi connectivity index (χ2v) is 2.73. The topological polar surface area (TPSA) is 20.3 Å². The third-order valence-electron chi connectivity index (χ3n) is 2.00. The first-order valence-electron chi connectivity index (χ1n) is 3.95. The van der Waals surface area contributed by atoms with Crippen molar-refractivity contribution in [2.45, 2.75) is 13.3 Å². The summed E-state index contributed by atoms with van der Waals surface area (Å²) in [6.45, 7) is 5.54. The summed E-state index contributed by atoms with van der Waals surface area (Å²) in [5, 5.41) is 0. The zero-order chi connectivity index (χ0) is 9.14. The molecular weight excluding hydrogens is 150 g/mol. The third kappa shape index (κ3) is 1.33. The molecule has 1 aliphatic rings. The fraction of sp³-hybridized carbons (Fsp3) is 0.300. The van der Waals surface area contributed by atoms with Gasteiger partial charge in [0.15, 0.2) is 0 Å². The van der Waals surface area contributed by atoms with Crippen LogP contribution in [0.15, 0.2) is 36.1 Å². The Hall–Kier alpha value is -1.31. The van der Waals surface area contributed by atoms with Gasteiger partial charge in [0.05, 0.1) is 6.42 Å². The van der Waals surface area contributed by atoms with Gasteiger partial charge in [0.25, 0.3) is 0 Å². The molecule has 1 saturated heterocycles. The molecule has 1 fully saturated rings. The minimum absolute atomic E-state index is 0.149. The van der Waals surface area contributed by atoms with Crippen LogP contribution < -0.4 is 0 Å². The van der Waals surface area contributed by atoms with E-state index in [-0.39, 0.29) is 5.91 Å². The molecule has 0 unspecified atom stereocenters.